The van der Waals surface area contributed by atoms with Crippen molar-refractivity contribution in [2.75, 3.05) is 26.7 Å². The molecule has 0 bridgehead atoms. The molecule has 0 aromatic carbocycles. The molecule has 2 N–H and O–H groups in total. The molecule has 0 radical (unpaired) electrons. The second kappa shape index (κ2) is 5.47. The van der Waals surface area contributed by atoms with E-state index in [1.54, 1.807) is 0 Å². The summed E-state index contributed by atoms with van der Waals surface area (Å²) in [5.74, 6) is -0.232. The van der Waals surface area contributed by atoms with E-state index in [9.17, 15) is 4.79 Å². The van der Waals surface area contributed by atoms with Crippen LogP contribution in [-0.2, 0) is 4.79 Å². The molecule has 1 saturated heterocycles. The molecule has 1 rings (SSSR count). The molecule has 0 aromatic rings. The quantitative estimate of drug-likeness (QED) is 0.713. The van der Waals surface area contributed by atoms with Crippen LogP contribution in [0.2, 0.25) is 0 Å². The Morgan fingerprint density at radius 1 is 1.60 bits per heavy atom. The largest absolute Gasteiger partial charge is 0.369 e. The number of amides is 1. The molecule has 0 unspecified atom stereocenters. The molecule has 1 aliphatic rings. The first kappa shape index (κ1) is 12.5. The van der Waals surface area contributed by atoms with Crippen molar-refractivity contribution in [1.82, 2.24) is 9.80 Å². The summed E-state index contributed by atoms with van der Waals surface area (Å²) in [6.07, 6.45) is 2.50. The highest BCUT2D eigenvalue weighted by molar-refractivity contribution is 5.75. The summed E-state index contributed by atoms with van der Waals surface area (Å²) in [5, 5.41) is 0. The van der Waals surface area contributed by atoms with Gasteiger partial charge in [0.2, 0.25) is 5.91 Å². The molecule has 1 aliphatic heterocycles. The van der Waals surface area contributed by atoms with Crippen LogP contribution >= 0.6 is 0 Å². The molecule has 0 aromatic heterocycles. The lowest BCUT2D eigenvalue weighted by molar-refractivity contribution is -0.119. The number of primary amides is 1. The van der Waals surface area contributed by atoms with Gasteiger partial charge < -0.3 is 10.6 Å². The van der Waals surface area contributed by atoms with Gasteiger partial charge in [-0.25, -0.2) is 0 Å². The van der Waals surface area contributed by atoms with Gasteiger partial charge in [0.05, 0.1) is 6.54 Å². The molecule has 0 spiro atoms. The Kier molecular flexibility index (Phi) is 4.54. The minimum Gasteiger partial charge on any atom is -0.369 e. The zero-order chi connectivity index (χ0) is 11.4. The zero-order valence-electron chi connectivity index (χ0n) is 10.1. The van der Waals surface area contributed by atoms with E-state index in [2.05, 4.69) is 30.7 Å². The third kappa shape index (κ3) is 3.80. The van der Waals surface area contributed by atoms with Crippen LogP contribution in [0.25, 0.3) is 0 Å². The van der Waals surface area contributed by atoms with Gasteiger partial charge in [0.1, 0.15) is 0 Å². The van der Waals surface area contributed by atoms with Crippen molar-refractivity contribution in [1.29, 1.82) is 0 Å². The first-order valence-electron chi connectivity index (χ1n) is 5.73. The van der Waals surface area contributed by atoms with Gasteiger partial charge in [0, 0.05) is 18.6 Å². The fourth-order valence-corrected chi connectivity index (χ4v) is 2.14. The van der Waals surface area contributed by atoms with E-state index < -0.39 is 0 Å². The van der Waals surface area contributed by atoms with Crippen LogP contribution in [0.5, 0.6) is 0 Å². The highest BCUT2D eigenvalue weighted by Gasteiger charge is 2.24. The highest BCUT2D eigenvalue weighted by Crippen LogP contribution is 2.16. The van der Waals surface area contributed by atoms with Crippen molar-refractivity contribution in [2.45, 2.75) is 38.8 Å². The van der Waals surface area contributed by atoms with Crippen LogP contribution in [0.1, 0.15) is 26.7 Å². The number of nitrogens with zero attached hydrogens (tertiary/aromatic N) is 2. The number of likely N-dealkylation sites (tertiary alicyclic amines) is 1. The van der Waals surface area contributed by atoms with E-state index in [0.29, 0.717) is 18.6 Å². The number of hydrogen-bond donors (Lipinski definition) is 1. The number of rotatable bonds is 5. The van der Waals surface area contributed by atoms with Gasteiger partial charge in [0.15, 0.2) is 0 Å². The SMILES string of the molecule is CC(C)N(CC(N)=O)C[C@H]1CCCN1C. The summed E-state index contributed by atoms with van der Waals surface area (Å²) in [6, 6.07) is 0.971. The molecule has 88 valence electrons. The second-order valence-corrected chi connectivity index (χ2v) is 4.77. The number of carbonyl (C=O) groups is 1. The maximum Gasteiger partial charge on any atom is 0.231 e. The molecule has 1 heterocycles. The summed E-state index contributed by atoms with van der Waals surface area (Å²) < 4.78 is 0. The monoisotopic (exact) mass is 213 g/mol. The Hall–Kier alpha value is -0.610. The van der Waals surface area contributed by atoms with Crippen LogP contribution in [0.3, 0.4) is 0 Å². The Bertz CT molecular complexity index is 218. The molecule has 0 aliphatic carbocycles. The van der Waals surface area contributed by atoms with Crippen LogP contribution < -0.4 is 5.73 Å². The van der Waals surface area contributed by atoms with Crippen molar-refractivity contribution in [3.05, 3.63) is 0 Å². The van der Waals surface area contributed by atoms with E-state index in [1.807, 2.05) is 0 Å². The van der Waals surface area contributed by atoms with Gasteiger partial charge in [-0.15, -0.1) is 0 Å². The smallest absolute Gasteiger partial charge is 0.231 e. The van der Waals surface area contributed by atoms with Crippen LogP contribution in [0.15, 0.2) is 0 Å². The van der Waals surface area contributed by atoms with Gasteiger partial charge in [-0.1, -0.05) is 0 Å². The van der Waals surface area contributed by atoms with E-state index in [4.69, 9.17) is 5.73 Å². The van der Waals surface area contributed by atoms with Crippen molar-refractivity contribution >= 4 is 5.91 Å². The van der Waals surface area contributed by atoms with Crippen LogP contribution in [0, 0.1) is 0 Å². The summed E-state index contributed by atoms with van der Waals surface area (Å²) in [4.78, 5) is 15.5. The Morgan fingerprint density at radius 2 is 2.27 bits per heavy atom. The molecule has 1 atom stereocenters. The van der Waals surface area contributed by atoms with Crippen molar-refractivity contribution in [3.8, 4) is 0 Å². The molecule has 0 saturated carbocycles. The number of carbonyl (C=O) groups excluding carboxylic acids is 1. The Morgan fingerprint density at radius 3 is 2.67 bits per heavy atom. The second-order valence-electron chi connectivity index (χ2n) is 4.77. The average molecular weight is 213 g/mol. The van der Waals surface area contributed by atoms with Crippen molar-refractivity contribution in [2.24, 2.45) is 5.73 Å². The predicted molar refractivity (Wildman–Crippen MR) is 61.6 cm³/mol. The number of hydrogen-bond acceptors (Lipinski definition) is 3. The van der Waals surface area contributed by atoms with Crippen LogP contribution in [-0.4, -0.2) is 54.5 Å². The Balaban J connectivity index is 2.46. The summed E-state index contributed by atoms with van der Waals surface area (Å²) in [6.45, 7) is 6.72. The third-order valence-electron chi connectivity index (χ3n) is 3.21. The fourth-order valence-electron chi connectivity index (χ4n) is 2.14. The maximum atomic E-state index is 10.9. The lowest BCUT2D eigenvalue weighted by atomic mass is 10.2. The van der Waals surface area contributed by atoms with E-state index >= 15 is 0 Å². The predicted octanol–water partition coefficient (Wildman–Crippen LogP) is 0.276. The molecule has 1 fully saturated rings. The molecule has 4 heteroatoms. The fraction of sp³-hybridized carbons (Fsp3) is 0.909. The molecule has 4 nitrogen and oxygen atoms in total. The van der Waals surface area contributed by atoms with Crippen molar-refractivity contribution < 1.29 is 4.79 Å². The first-order chi connectivity index (χ1) is 7.00. The first-order valence-corrected chi connectivity index (χ1v) is 5.73. The maximum absolute atomic E-state index is 10.9. The molecule has 15 heavy (non-hydrogen) atoms. The van der Waals surface area contributed by atoms with E-state index in [0.717, 1.165) is 6.54 Å². The summed E-state index contributed by atoms with van der Waals surface area (Å²) in [7, 11) is 2.15. The summed E-state index contributed by atoms with van der Waals surface area (Å²) in [5.41, 5.74) is 5.25. The van der Waals surface area contributed by atoms with Gasteiger partial charge in [0.25, 0.3) is 0 Å². The summed E-state index contributed by atoms with van der Waals surface area (Å²) >= 11 is 0. The normalized spacial score (nSPS) is 22.9. The van der Waals surface area contributed by atoms with Gasteiger partial charge in [-0.05, 0) is 40.3 Å². The molecule has 1 amide bonds. The Labute approximate surface area is 92.4 Å². The lowest BCUT2D eigenvalue weighted by Crippen LogP contribution is -2.45. The van der Waals surface area contributed by atoms with Gasteiger partial charge in [-0.3, -0.25) is 9.69 Å². The van der Waals surface area contributed by atoms with Crippen LogP contribution in [0.4, 0.5) is 0 Å². The minimum atomic E-state index is -0.232. The topological polar surface area (TPSA) is 49.6 Å². The lowest BCUT2D eigenvalue weighted by Gasteiger charge is -2.30. The van der Waals surface area contributed by atoms with E-state index in [-0.39, 0.29) is 5.91 Å². The van der Waals surface area contributed by atoms with Gasteiger partial charge >= 0.3 is 0 Å². The number of nitrogens with two attached hydrogens (primary N) is 1. The minimum absolute atomic E-state index is 0.232. The van der Waals surface area contributed by atoms with Crippen molar-refractivity contribution in [3.63, 3.8) is 0 Å². The molecular weight excluding hydrogens is 190 g/mol. The van der Waals surface area contributed by atoms with E-state index in [1.165, 1.54) is 19.4 Å². The van der Waals surface area contributed by atoms with Gasteiger partial charge in [-0.2, -0.15) is 0 Å². The molecular formula is C11H23N3O. The standard InChI is InChI=1S/C11H23N3O/c1-9(2)14(8-11(12)15)7-10-5-4-6-13(10)3/h9-10H,4-8H2,1-3H3,(H2,12,15)/t10-/m1/s1. The average Bonchev–Trinajstić information content (AvgIpc) is 2.50. The highest BCUT2D eigenvalue weighted by atomic mass is 16.1. The zero-order valence-corrected chi connectivity index (χ0v) is 10.1. The number of likely N-dealkylation sites (N-methyl/N-ethyl adjacent to an activating group) is 1. The third-order valence-corrected chi connectivity index (χ3v) is 3.21.